The summed E-state index contributed by atoms with van der Waals surface area (Å²) in [6.45, 7) is 6.28. The van der Waals surface area contributed by atoms with Crippen molar-refractivity contribution in [2.45, 2.75) is 39.3 Å². The van der Waals surface area contributed by atoms with Crippen LogP contribution in [0.2, 0.25) is 4.34 Å². The number of amides is 1. The highest BCUT2D eigenvalue weighted by Crippen LogP contribution is 2.27. The highest BCUT2D eigenvalue weighted by atomic mass is 35.5. The van der Waals surface area contributed by atoms with E-state index in [1.807, 2.05) is 12.1 Å². The Morgan fingerprint density at radius 2 is 2.06 bits per heavy atom. The molecule has 1 amide bonds. The van der Waals surface area contributed by atoms with Crippen LogP contribution in [0, 0.1) is 5.92 Å². The van der Waals surface area contributed by atoms with Gasteiger partial charge in [-0.1, -0.05) is 25.4 Å². The summed E-state index contributed by atoms with van der Waals surface area (Å²) in [5.41, 5.74) is 0. The summed E-state index contributed by atoms with van der Waals surface area (Å²) in [6.07, 6.45) is 0.823. The van der Waals surface area contributed by atoms with Crippen molar-refractivity contribution in [3.63, 3.8) is 0 Å². The van der Waals surface area contributed by atoms with Gasteiger partial charge in [-0.2, -0.15) is 0 Å². The Kier molecular flexibility index (Phi) is 6.12. The fourth-order valence-corrected chi connectivity index (χ4v) is 2.91. The third-order valence-electron chi connectivity index (χ3n) is 2.74. The summed E-state index contributed by atoms with van der Waals surface area (Å²) in [4.78, 5) is 13.0. The normalized spacial score (nSPS) is 14.6. The number of thiophene rings is 1. The number of hydrogen-bond acceptors (Lipinski definition) is 3. The lowest BCUT2D eigenvalue weighted by atomic mass is 10.0. The summed E-state index contributed by atoms with van der Waals surface area (Å²) >= 11 is 7.47. The van der Waals surface area contributed by atoms with E-state index in [1.165, 1.54) is 0 Å². The van der Waals surface area contributed by atoms with Crippen LogP contribution in [0.15, 0.2) is 12.1 Å². The SMILES string of the molecule is CNC(=O)C(CC(C)C)NC(C)c1ccc(Cl)s1. The Morgan fingerprint density at radius 3 is 2.50 bits per heavy atom. The van der Waals surface area contributed by atoms with Gasteiger partial charge in [-0.05, 0) is 31.4 Å². The summed E-state index contributed by atoms with van der Waals surface area (Å²) in [6, 6.07) is 3.85. The maximum absolute atomic E-state index is 11.8. The first-order valence-corrected chi connectivity index (χ1v) is 7.36. The van der Waals surface area contributed by atoms with Gasteiger partial charge in [0.05, 0.1) is 10.4 Å². The van der Waals surface area contributed by atoms with Crippen molar-refractivity contribution in [3.8, 4) is 0 Å². The molecule has 0 radical (unpaired) electrons. The Balaban J connectivity index is 2.67. The molecule has 1 aromatic heterocycles. The molecule has 0 aliphatic rings. The van der Waals surface area contributed by atoms with Gasteiger partial charge < -0.3 is 5.32 Å². The predicted molar refractivity (Wildman–Crippen MR) is 78.2 cm³/mol. The van der Waals surface area contributed by atoms with Gasteiger partial charge in [0.15, 0.2) is 0 Å². The van der Waals surface area contributed by atoms with Crippen LogP contribution in [-0.2, 0) is 4.79 Å². The Hall–Kier alpha value is -0.580. The summed E-state index contributed by atoms with van der Waals surface area (Å²) < 4.78 is 0.777. The van der Waals surface area contributed by atoms with Gasteiger partial charge in [0.25, 0.3) is 0 Å². The number of hydrogen-bond donors (Lipinski definition) is 2. The first-order valence-electron chi connectivity index (χ1n) is 6.17. The molecule has 0 saturated heterocycles. The molecule has 0 aliphatic carbocycles. The van der Waals surface area contributed by atoms with Gasteiger partial charge >= 0.3 is 0 Å². The largest absolute Gasteiger partial charge is 0.358 e. The highest BCUT2D eigenvalue weighted by Gasteiger charge is 2.21. The third kappa shape index (κ3) is 4.59. The Bertz CT molecular complexity index is 392. The van der Waals surface area contributed by atoms with Crippen molar-refractivity contribution >= 4 is 28.8 Å². The number of nitrogens with one attached hydrogen (secondary N) is 2. The van der Waals surface area contributed by atoms with E-state index in [4.69, 9.17) is 11.6 Å². The lowest BCUT2D eigenvalue weighted by Gasteiger charge is -2.23. The number of halogens is 1. The van der Waals surface area contributed by atoms with Crippen molar-refractivity contribution in [2.75, 3.05) is 7.05 Å². The molecule has 2 unspecified atom stereocenters. The molecule has 18 heavy (non-hydrogen) atoms. The van der Waals surface area contributed by atoms with Gasteiger partial charge in [-0.3, -0.25) is 10.1 Å². The molecule has 0 aromatic carbocycles. The average Bonchev–Trinajstić information content (AvgIpc) is 2.73. The maximum Gasteiger partial charge on any atom is 0.236 e. The van der Waals surface area contributed by atoms with Crippen LogP contribution in [0.25, 0.3) is 0 Å². The number of likely N-dealkylation sites (N-methyl/N-ethyl adjacent to an activating group) is 1. The van der Waals surface area contributed by atoms with Gasteiger partial charge in [0.1, 0.15) is 0 Å². The fraction of sp³-hybridized carbons (Fsp3) is 0.615. The quantitative estimate of drug-likeness (QED) is 0.844. The lowest BCUT2D eigenvalue weighted by molar-refractivity contribution is -0.123. The van der Waals surface area contributed by atoms with E-state index < -0.39 is 0 Å². The molecule has 2 N–H and O–H groups in total. The molecule has 0 saturated carbocycles. The minimum atomic E-state index is -0.161. The van der Waals surface area contributed by atoms with Crippen LogP contribution in [0.5, 0.6) is 0 Å². The van der Waals surface area contributed by atoms with Crippen molar-refractivity contribution < 1.29 is 4.79 Å². The van der Waals surface area contributed by atoms with Crippen LogP contribution in [0.1, 0.15) is 38.1 Å². The predicted octanol–water partition coefficient (Wildman–Crippen LogP) is 3.21. The summed E-state index contributed by atoms with van der Waals surface area (Å²) in [5.74, 6) is 0.511. The molecule has 0 fully saturated rings. The molecule has 0 bridgehead atoms. The van der Waals surface area contributed by atoms with Crippen molar-refractivity contribution in [1.29, 1.82) is 0 Å². The highest BCUT2D eigenvalue weighted by molar-refractivity contribution is 7.16. The molecular weight excluding hydrogens is 268 g/mol. The number of rotatable bonds is 6. The second kappa shape index (κ2) is 7.12. The minimum absolute atomic E-state index is 0.0400. The number of carbonyl (C=O) groups excluding carboxylic acids is 1. The van der Waals surface area contributed by atoms with Crippen molar-refractivity contribution in [1.82, 2.24) is 10.6 Å². The van der Waals surface area contributed by atoms with Gasteiger partial charge in [-0.25, -0.2) is 0 Å². The summed E-state index contributed by atoms with van der Waals surface area (Å²) in [7, 11) is 1.67. The zero-order chi connectivity index (χ0) is 13.7. The molecule has 1 rings (SSSR count). The van der Waals surface area contributed by atoms with E-state index >= 15 is 0 Å². The second-order valence-electron chi connectivity index (χ2n) is 4.83. The summed E-state index contributed by atoms with van der Waals surface area (Å²) in [5, 5.41) is 6.08. The molecule has 3 nitrogen and oxygen atoms in total. The maximum atomic E-state index is 11.8. The topological polar surface area (TPSA) is 41.1 Å². The standard InChI is InChI=1S/C13H21ClN2OS/c1-8(2)7-10(13(17)15-4)16-9(3)11-5-6-12(14)18-11/h5-6,8-10,16H,7H2,1-4H3,(H,15,17). The van der Waals surface area contributed by atoms with E-state index in [-0.39, 0.29) is 18.0 Å². The van der Waals surface area contributed by atoms with Gasteiger partial charge in [-0.15, -0.1) is 11.3 Å². The molecule has 0 aliphatic heterocycles. The molecule has 1 aromatic rings. The van der Waals surface area contributed by atoms with Gasteiger partial charge in [0, 0.05) is 18.0 Å². The molecule has 0 spiro atoms. The lowest BCUT2D eigenvalue weighted by Crippen LogP contribution is -2.44. The molecule has 2 atom stereocenters. The third-order valence-corrected chi connectivity index (χ3v) is 4.16. The minimum Gasteiger partial charge on any atom is -0.358 e. The van der Waals surface area contributed by atoms with E-state index in [1.54, 1.807) is 18.4 Å². The molecule has 5 heteroatoms. The zero-order valence-electron chi connectivity index (χ0n) is 11.3. The van der Waals surface area contributed by atoms with Crippen LogP contribution in [0.3, 0.4) is 0 Å². The van der Waals surface area contributed by atoms with E-state index in [2.05, 4.69) is 31.4 Å². The Morgan fingerprint density at radius 1 is 1.39 bits per heavy atom. The fourth-order valence-electron chi connectivity index (χ4n) is 1.84. The van der Waals surface area contributed by atoms with E-state index in [0.717, 1.165) is 15.6 Å². The first-order chi connectivity index (χ1) is 8.43. The smallest absolute Gasteiger partial charge is 0.236 e. The first kappa shape index (κ1) is 15.5. The van der Waals surface area contributed by atoms with Gasteiger partial charge in [0.2, 0.25) is 5.91 Å². The van der Waals surface area contributed by atoms with Crippen LogP contribution in [-0.4, -0.2) is 19.0 Å². The van der Waals surface area contributed by atoms with E-state index in [0.29, 0.717) is 5.92 Å². The van der Waals surface area contributed by atoms with Crippen LogP contribution < -0.4 is 10.6 Å². The molecular formula is C13H21ClN2OS. The molecule has 102 valence electrons. The van der Waals surface area contributed by atoms with Crippen LogP contribution in [0.4, 0.5) is 0 Å². The average molecular weight is 289 g/mol. The zero-order valence-corrected chi connectivity index (χ0v) is 12.9. The van der Waals surface area contributed by atoms with E-state index in [9.17, 15) is 4.79 Å². The monoisotopic (exact) mass is 288 g/mol. The second-order valence-corrected chi connectivity index (χ2v) is 6.57. The van der Waals surface area contributed by atoms with Crippen molar-refractivity contribution in [2.24, 2.45) is 5.92 Å². The number of carbonyl (C=O) groups is 1. The molecule has 1 heterocycles. The van der Waals surface area contributed by atoms with Crippen molar-refractivity contribution in [3.05, 3.63) is 21.3 Å². The Labute approximate surface area is 118 Å². The van der Waals surface area contributed by atoms with Crippen LogP contribution >= 0.6 is 22.9 Å².